The fourth-order valence-electron chi connectivity index (χ4n) is 1.29. The van der Waals surface area contributed by atoms with Gasteiger partial charge in [0.05, 0.1) is 0 Å². The lowest BCUT2D eigenvalue weighted by Gasteiger charge is -2.01. The topological polar surface area (TPSA) is 67.5 Å². The number of halogens is 2. The monoisotopic (exact) mass is 286 g/mol. The van der Waals surface area contributed by atoms with E-state index in [1.165, 1.54) is 6.07 Å². The lowest BCUT2D eigenvalue weighted by Crippen LogP contribution is -2.13. The van der Waals surface area contributed by atoms with Gasteiger partial charge in [0.25, 0.3) is 0 Å². The van der Waals surface area contributed by atoms with Crippen LogP contribution in [0.1, 0.15) is 10.4 Å². The lowest BCUT2D eigenvalue weighted by atomic mass is 10.2. The van der Waals surface area contributed by atoms with Crippen LogP contribution in [0.3, 0.4) is 0 Å². The van der Waals surface area contributed by atoms with Crippen LogP contribution in [0.2, 0.25) is 0 Å². The van der Waals surface area contributed by atoms with Crippen molar-refractivity contribution >= 4 is 32.9 Å². The molecule has 0 atom stereocenters. The van der Waals surface area contributed by atoms with Gasteiger partial charge in [0.2, 0.25) is 0 Å². The quantitative estimate of drug-likeness (QED) is 0.818. The van der Waals surface area contributed by atoms with Crippen LogP contribution in [-0.2, 0) is 0 Å². The van der Waals surface area contributed by atoms with Crippen molar-refractivity contribution in [1.82, 2.24) is 0 Å². The van der Waals surface area contributed by atoms with Crippen LogP contribution in [0, 0.1) is 5.82 Å². The average Bonchev–Trinajstić information content (AvgIpc) is 2.23. The van der Waals surface area contributed by atoms with Crippen LogP contribution in [-0.4, -0.2) is 11.1 Å². The summed E-state index contributed by atoms with van der Waals surface area (Å²) in [5.41, 5.74) is -1.86. The molecule has 2 rings (SSSR count). The Morgan fingerprint density at radius 1 is 1.44 bits per heavy atom. The predicted octanol–water partition coefficient (Wildman–Crippen LogP) is 2.39. The van der Waals surface area contributed by atoms with Crippen LogP contribution >= 0.6 is 15.9 Å². The Labute approximate surface area is 96.4 Å². The third kappa shape index (κ3) is 1.61. The van der Waals surface area contributed by atoms with Crippen molar-refractivity contribution in [2.24, 2.45) is 0 Å². The SMILES string of the molecule is O=C(O)c1cc2c(Br)ccc(F)c2oc1=O. The summed E-state index contributed by atoms with van der Waals surface area (Å²) in [4.78, 5) is 21.9. The maximum atomic E-state index is 13.3. The fraction of sp³-hybridized carbons (Fsp3) is 0. The van der Waals surface area contributed by atoms with E-state index in [0.29, 0.717) is 4.47 Å². The van der Waals surface area contributed by atoms with Gasteiger partial charge in [-0.15, -0.1) is 0 Å². The summed E-state index contributed by atoms with van der Waals surface area (Å²) in [6, 6.07) is 3.61. The molecule has 2 aromatic rings. The Morgan fingerprint density at radius 2 is 2.12 bits per heavy atom. The molecular weight excluding hydrogens is 283 g/mol. The third-order valence-electron chi connectivity index (χ3n) is 2.03. The van der Waals surface area contributed by atoms with Gasteiger partial charge < -0.3 is 9.52 Å². The Morgan fingerprint density at radius 3 is 2.75 bits per heavy atom. The maximum Gasteiger partial charge on any atom is 0.351 e. The number of carbonyl (C=O) groups is 1. The summed E-state index contributed by atoms with van der Waals surface area (Å²) in [7, 11) is 0. The van der Waals surface area contributed by atoms with Gasteiger partial charge in [-0.05, 0) is 18.2 Å². The van der Waals surface area contributed by atoms with E-state index in [9.17, 15) is 14.0 Å². The zero-order valence-electron chi connectivity index (χ0n) is 7.66. The molecule has 0 aliphatic rings. The third-order valence-corrected chi connectivity index (χ3v) is 2.72. The molecule has 0 bridgehead atoms. The zero-order chi connectivity index (χ0) is 11.9. The summed E-state index contributed by atoms with van der Waals surface area (Å²) >= 11 is 3.12. The Balaban J connectivity index is 2.95. The van der Waals surface area contributed by atoms with Gasteiger partial charge >= 0.3 is 11.6 Å². The molecule has 1 N–H and O–H groups in total. The van der Waals surface area contributed by atoms with E-state index in [2.05, 4.69) is 20.3 Å². The summed E-state index contributed by atoms with van der Waals surface area (Å²) in [6.45, 7) is 0. The van der Waals surface area contributed by atoms with Crippen LogP contribution in [0.4, 0.5) is 4.39 Å². The Hall–Kier alpha value is -1.69. The van der Waals surface area contributed by atoms with E-state index >= 15 is 0 Å². The molecule has 0 fully saturated rings. The van der Waals surface area contributed by atoms with Gasteiger partial charge in [0.15, 0.2) is 11.4 Å². The smallest absolute Gasteiger partial charge is 0.351 e. The van der Waals surface area contributed by atoms with Crippen LogP contribution in [0.25, 0.3) is 11.0 Å². The number of benzene rings is 1. The molecule has 0 saturated carbocycles. The number of rotatable bonds is 1. The first-order chi connectivity index (χ1) is 7.50. The first kappa shape index (κ1) is 10.8. The molecule has 0 aliphatic carbocycles. The highest BCUT2D eigenvalue weighted by molar-refractivity contribution is 9.10. The van der Waals surface area contributed by atoms with Crippen LogP contribution < -0.4 is 5.63 Å². The van der Waals surface area contributed by atoms with Crippen LogP contribution in [0.5, 0.6) is 0 Å². The number of hydrogen-bond donors (Lipinski definition) is 1. The first-order valence-electron chi connectivity index (χ1n) is 4.16. The summed E-state index contributed by atoms with van der Waals surface area (Å²) in [5.74, 6) is -2.13. The molecule has 82 valence electrons. The van der Waals surface area contributed by atoms with E-state index in [1.54, 1.807) is 0 Å². The maximum absolute atomic E-state index is 13.3. The minimum absolute atomic E-state index is 0.206. The van der Waals surface area contributed by atoms with E-state index in [0.717, 1.165) is 12.1 Å². The fourth-order valence-corrected chi connectivity index (χ4v) is 1.71. The molecule has 1 aromatic carbocycles. The number of hydrogen-bond acceptors (Lipinski definition) is 3. The number of aromatic carboxylic acids is 1. The largest absolute Gasteiger partial charge is 0.477 e. The number of carboxylic acids is 1. The second-order valence-corrected chi connectivity index (χ2v) is 3.88. The molecule has 0 aliphatic heterocycles. The molecule has 0 unspecified atom stereocenters. The summed E-state index contributed by atoms with van der Waals surface area (Å²) in [6.07, 6.45) is 0. The van der Waals surface area contributed by atoms with Crippen molar-refractivity contribution in [3.05, 3.63) is 44.5 Å². The van der Waals surface area contributed by atoms with Gasteiger partial charge in [0, 0.05) is 9.86 Å². The zero-order valence-corrected chi connectivity index (χ0v) is 9.25. The van der Waals surface area contributed by atoms with Crippen LogP contribution in [0.15, 0.2) is 31.9 Å². The van der Waals surface area contributed by atoms with Gasteiger partial charge in [-0.2, -0.15) is 0 Å². The molecule has 1 heterocycles. The minimum atomic E-state index is -1.41. The highest BCUT2D eigenvalue weighted by atomic mass is 79.9. The van der Waals surface area contributed by atoms with Crippen molar-refractivity contribution in [1.29, 1.82) is 0 Å². The minimum Gasteiger partial charge on any atom is -0.477 e. The average molecular weight is 287 g/mol. The summed E-state index contributed by atoms with van der Waals surface area (Å²) < 4.78 is 18.4. The van der Waals surface area contributed by atoms with Gasteiger partial charge in [0.1, 0.15) is 5.56 Å². The van der Waals surface area contributed by atoms with Gasteiger partial charge in [-0.3, -0.25) is 0 Å². The standard InChI is InChI=1S/C10H4BrFO4/c11-6-1-2-7(12)8-4(6)3-5(9(13)14)10(15)16-8/h1-3H,(H,13,14). The lowest BCUT2D eigenvalue weighted by molar-refractivity contribution is 0.0692. The summed E-state index contributed by atoms with van der Waals surface area (Å²) in [5, 5.41) is 8.92. The highest BCUT2D eigenvalue weighted by Gasteiger charge is 2.15. The Kier molecular flexibility index (Phi) is 2.51. The molecule has 6 heteroatoms. The highest BCUT2D eigenvalue weighted by Crippen LogP contribution is 2.25. The second-order valence-electron chi connectivity index (χ2n) is 3.02. The normalized spacial score (nSPS) is 10.6. The molecular formula is C10H4BrFO4. The van der Waals surface area contributed by atoms with E-state index < -0.39 is 23.0 Å². The molecule has 0 radical (unpaired) electrons. The molecule has 16 heavy (non-hydrogen) atoms. The van der Waals surface area contributed by atoms with Crippen molar-refractivity contribution < 1.29 is 18.7 Å². The molecule has 1 aromatic heterocycles. The van der Waals surface area contributed by atoms with Crippen molar-refractivity contribution in [3.63, 3.8) is 0 Å². The van der Waals surface area contributed by atoms with E-state index in [4.69, 9.17) is 5.11 Å². The molecule has 0 amide bonds. The van der Waals surface area contributed by atoms with Crippen molar-refractivity contribution in [2.45, 2.75) is 0 Å². The van der Waals surface area contributed by atoms with E-state index in [1.807, 2.05) is 0 Å². The van der Waals surface area contributed by atoms with E-state index in [-0.39, 0.29) is 11.0 Å². The van der Waals surface area contributed by atoms with Gasteiger partial charge in [-0.1, -0.05) is 15.9 Å². The molecule has 4 nitrogen and oxygen atoms in total. The predicted molar refractivity (Wildman–Crippen MR) is 57.1 cm³/mol. The van der Waals surface area contributed by atoms with Gasteiger partial charge in [-0.25, -0.2) is 14.0 Å². The molecule has 0 saturated heterocycles. The second kappa shape index (κ2) is 3.71. The van der Waals surface area contributed by atoms with Crippen molar-refractivity contribution in [3.8, 4) is 0 Å². The van der Waals surface area contributed by atoms with Crippen molar-refractivity contribution in [2.75, 3.05) is 0 Å². The number of carboxylic acid groups (broad SMARTS) is 1. The first-order valence-corrected chi connectivity index (χ1v) is 4.95. The number of fused-ring (bicyclic) bond motifs is 1. The molecule has 0 spiro atoms. The Bertz CT molecular complexity index is 647.